The molecule has 2 nitrogen and oxygen atoms in total. The van der Waals surface area contributed by atoms with Crippen LogP contribution in [0.25, 0.3) is 16.9 Å². The molecule has 0 aromatic heterocycles. The van der Waals surface area contributed by atoms with Crippen molar-refractivity contribution in [2.24, 2.45) is 0 Å². The Hall–Kier alpha value is -1.82. The number of unbranched alkanes of at least 4 members (excludes halogenated alkanes) is 7. The summed E-state index contributed by atoms with van der Waals surface area (Å²) in [6, 6.07) is 9.53. The molecule has 1 aliphatic heterocycles. The summed E-state index contributed by atoms with van der Waals surface area (Å²) in [6.45, 7) is 20.4. The van der Waals surface area contributed by atoms with Crippen molar-refractivity contribution in [1.29, 1.82) is 0 Å². The summed E-state index contributed by atoms with van der Waals surface area (Å²) in [4.78, 5) is 2.79. The summed E-state index contributed by atoms with van der Waals surface area (Å²) < 4.78 is 1.54. The van der Waals surface area contributed by atoms with Gasteiger partial charge in [-0.3, -0.25) is 0 Å². The van der Waals surface area contributed by atoms with Crippen LogP contribution in [0.15, 0.2) is 35.9 Å². The SMILES string of the molecule is CCCCCCc1c(CC)cc(C2=CC(CCCC)=C(c3cc(CC)c(CCCCCC)c(CC)c3)[N+]2=[N-])cc1CC.C[CH2][Pd][CH2]C. The molecule has 0 spiro atoms. The van der Waals surface area contributed by atoms with E-state index in [4.69, 9.17) is 0 Å². The zero-order chi connectivity index (χ0) is 34.6. The van der Waals surface area contributed by atoms with Gasteiger partial charge in [0.1, 0.15) is 0 Å². The standard InChI is InChI=1S/C40H60N2.2C2H5.Pd/c1-8-15-18-20-23-37-30(11-4)25-35(26-31(37)12-5)39-29-34(22-17-10-3)40(42(39)41)36-27-32(13-6)38(33(14-7)28-36)24-21-19-16-9-2;2*1-2;/h25-29H,8-24H2,1-7H3;2*1H2,2H3;. The molecule has 266 valence electrons. The van der Waals surface area contributed by atoms with Crippen molar-refractivity contribution in [1.82, 2.24) is 0 Å². The van der Waals surface area contributed by atoms with Crippen molar-refractivity contribution < 1.29 is 22.7 Å². The van der Waals surface area contributed by atoms with E-state index in [9.17, 15) is 5.53 Å². The van der Waals surface area contributed by atoms with Gasteiger partial charge in [-0.2, -0.15) is 0 Å². The van der Waals surface area contributed by atoms with Crippen molar-refractivity contribution in [2.45, 2.75) is 181 Å². The van der Waals surface area contributed by atoms with Crippen LogP contribution in [0.1, 0.15) is 177 Å². The van der Waals surface area contributed by atoms with E-state index in [1.807, 2.05) is 0 Å². The van der Waals surface area contributed by atoms with Gasteiger partial charge in [-0.05, 0) is 122 Å². The predicted molar refractivity (Wildman–Crippen MR) is 205 cm³/mol. The molecule has 0 radical (unpaired) electrons. The van der Waals surface area contributed by atoms with E-state index in [0.717, 1.165) is 79.9 Å². The number of hydrogen-bond donors (Lipinski definition) is 0. The molecule has 0 N–H and O–H groups in total. The predicted octanol–water partition coefficient (Wildman–Crippen LogP) is 14.1. The fraction of sp³-hybridized carbons (Fsp3) is 0.636. The molecule has 0 amide bonds. The molecule has 47 heavy (non-hydrogen) atoms. The summed E-state index contributed by atoms with van der Waals surface area (Å²) in [7, 11) is 0. The molecule has 0 atom stereocenters. The van der Waals surface area contributed by atoms with Gasteiger partial charge in [-0.1, -0.05) is 93.4 Å². The Kier molecular flexibility index (Phi) is 20.7. The van der Waals surface area contributed by atoms with Crippen LogP contribution in [-0.2, 0) is 56.5 Å². The van der Waals surface area contributed by atoms with E-state index in [1.54, 1.807) is 11.1 Å². The molecule has 0 saturated carbocycles. The summed E-state index contributed by atoms with van der Waals surface area (Å²) in [5.74, 6) is 0. The topological polar surface area (TPSA) is 25.3 Å². The summed E-state index contributed by atoms with van der Waals surface area (Å²) in [6.07, 6.45) is 22.4. The van der Waals surface area contributed by atoms with Crippen LogP contribution < -0.4 is 0 Å². The molecule has 0 unspecified atom stereocenters. The number of allylic oxidation sites excluding steroid dienone is 2. The van der Waals surface area contributed by atoms with Crippen LogP contribution in [0.5, 0.6) is 0 Å². The van der Waals surface area contributed by atoms with E-state index < -0.39 is 0 Å². The van der Waals surface area contributed by atoms with Gasteiger partial charge in [0.05, 0.1) is 0 Å². The van der Waals surface area contributed by atoms with E-state index >= 15 is 0 Å². The number of benzene rings is 2. The first-order valence-electron chi connectivity index (χ1n) is 19.6. The third-order valence-corrected chi connectivity index (χ3v) is 11.2. The minimum absolute atomic E-state index is 0.942. The third-order valence-electron chi connectivity index (χ3n) is 9.69. The molecular formula is C44H70N2Pd. The number of nitrogens with zero attached hydrogens (tertiary/aromatic N) is 2. The fourth-order valence-corrected chi connectivity index (χ4v) is 7.80. The first-order valence-corrected chi connectivity index (χ1v) is 21.8. The van der Waals surface area contributed by atoms with Gasteiger partial charge in [0.15, 0.2) is 0 Å². The molecule has 1 aliphatic rings. The molecule has 0 saturated heterocycles. The van der Waals surface area contributed by atoms with E-state index in [1.165, 1.54) is 112 Å². The van der Waals surface area contributed by atoms with Crippen LogP contribution in [0, 0.1) is 0 Å². The van der Waals surface area contributed by atoms with Gasteiger partial charge < -0.3 is 5.53 Å². The first kappa shape index (κ1) is 41.4. The zero-order valence-corrected chi connectivity index (χ0v) is 33.6. The van der Waals surface area contributed by atoms with Crippen LogP contribution in [0.4, 0.5) is 0 Å². The Labute approximate surface area is 300 Å². The first-order chi connectivity index (χ1) is 22.9. The molecule has 1 heterocycles. The Morgan fingerprint density at radius 1 is 0.511 bits per heavy atom. The Bertz CT molecular complexity index is 1250. The van der Waals surface area contributed by atoms with Gasteiger partial charge in [-0.15, -0.1) is 0 Å². The molecular weight excluding hydrogens is 663 g/mol. The second-order valence-corrected chi connectivity index (χ2v) is 16.0. The number of hydrogen-bond acceptors (Lipinski definition) is 0. The maximum absolute atomic E-state index is 11.9. The van der Waals surface area contributed by atoms with Crippen LogP contribution in [0.3, 0.4) is 0 Å². The molecule has 0 bridgehead atoms. The second kappa shape index (κ2) is 23.5. The van der Waals surface area contributed by atoms with Crippen LogP contribution >= 0.6 is 0 Å². The van der Waals surface area contributed by atoms with Crippen molar-refractivity contribution in [2.75, 3.05) is 0 Å². The minimum atomic E-state index is 0.942. The average Bonchev–Trinajstić information content (AvgIpc) is 3.43. The van der Waals surface area contributed by atoms with Gasteiger partial charge in [-0.25, -0.2) is 4.70 Å². The number of aryl methyl sites for hydroxylation is 4. The molecule has 0 fully saturated rings. The van der Waals surface area contributed by atoms with Crippen molar-refractivity contribution in [3.63, 3.8) is 0 Å². The van der Waals surface area contributed by atoms with Gasteiger partial charge in [0.25, 0.3) is 0 Å². The normalized spacial score (nSPS) is 13.0. The maximum atomic E-state index is 11.9. The quantitative estimate of drug-likeness (QED) is 0.0694. The fourth-order valence-electron chi connectivity index (χ4n) is 7.02. The van der Waals surface area contributed by atoms with Crippen LogP contribution in [-0.4, -0.2) is 4.70 Å². The molecule has 3 heteroatoms. The summed E-state index contributed by atoms with van der Waals surface area (Å²) in [5, 5.41) is 0. The Morgan fingerprint density at radius 2 is 0.936 bits per heavy atom. The monoisotopic (exact) mass is 732 g/mol. The number of rotatable bonds is 21. The van der Waals surface area contributed by atoms with E-state index in [2.05, 4.69) is 92.7 Å². The average molecular weight is 733 g/mol. The van der Waals surface area contributed by atoms with Crippen LogP contribution in [0.2, 0.25) is 9.79 Å². The van der Waals surface area contributed by atoms with Gasteiger partial charge in [0, 0.05) is 22.8 Å². The molecule has 3 rings (SSSR count). The van der Waals surface area contributed by atoms with Gasteiger partial charge >= 0.3 is 41.6 Å². The summed E-state index contributed by atoms with van der Waals surface area (Å²) >= 11 is 1.04. The molecule has 2 aromatic rings. The summed E-state index contributed by atoms with van der Waals surface area (Å²) in [5.41, 5.74) is 26.4. The van der Waals surface area contributed by atoms with Crippen molar-refractivity contribution in [3.05, 3.63) is 86.0 Å². The van der Waals surface area contributed by atoms with Crippen molar-refractivity contribution in [3.8, 4) is 0 Å². The van der Waals surface area contributed by atoms with Crippen molar-refractivity contribution >= 4 is 11.4 Å². The Morgan fingerprint density at radius 3 is 1.30 bits per heavy atom. The zero-order valence-electron chi connectivity index (χ0n) is 32.0. The van der Waals surface area contributed by atoms with Gasteiger partial charge in [0.2, 0.25) is 11.4 Å². The third kappa shape index (κ3) is 12.2. The van der Waals surface area contributed by atoms with E-state index in [0.29, 0.717) is 0 Å². The van der Waals surface area contributed by atoms with E-state index in [-0.39, 0.29) is 0 Å². The molecule has 0 aliphatic carbocycles. The molecule has 2 aromatic carbocycles. The second-order valence-electron chi connectivity index (χ2n) is 13.0. The Balaban J connectivity index is 0.00000142.